The Kier molecular flexibility index (Phi) is 3.57. The number of rotatable bonds is 3. The lowest BCUT2D eigenvalue weighted by Crippen LogP contribution is -2.40. The van der Waals surface area contributed by atoms with E-state index >= 15 is 0 Å². The summed E-state index contributed by atoms with van der Waals surface area (Å²) in [6.45, 7) is 1.25. The predicted molar refractivity (Wildman–Crippen MR) is 42.5 cm³/mol. The van der Waals surface area contributed by atoms with Crippen molar-refractivity contribution < 1.29 is 12.9 Å². The molecule has 0 aliphatic rings. The quantitative estimate of drug-likeness (QED) is 0.415. The number of hydrogen-bond donors (Lipinski definition) is 0. The van der Waals surface area contributed by atoms with Gasteiger partial charge in [-0.1, -0.05) is 0 Å². The van der Waals surface area contributed by atoms with Gasteiger partial charge in [0.2, 0.25) is 0 Å². The van der Waals surface area contributed by atoms with Crippen LogP contribution in [0.3, 0.4) is 0 Å². The van der Waals surface area contributed by atoms with Gasteiger partial charge in [-0.2, -0.15) is 5.12 Å². The highest BCUT2D eigenvalue weighted by Gasteiger charge is 2.24. The van der Waals surface area contributed by atoms with Gasteiger partial charge in [0, 0.05) is 13.0 Å². The Hall–Kier alpha value is -0.0301. The topological polar surface area (TPSA) is 37.4 Å². The van der Waals surface area contributed by atoms with E-state index in [2.05, 4.69) is 0 Å². The third-order valence-electron chi connectivity index (χ3n) is 1.41. The van der Waals surface area contributed by atoms with E-state index in [4.69, 9.17) is 15.0 Å². The Morgan fingerprint density at radius 1 is 1.55 bits per heavy atom. The minimum Gasteiger partial charge on any atom is -0.242 e. The summed E-state index contributed by atoms with van der Waals surface area (Å²) in [5.74, 6) is -1.22. The highest BCUT2D eigenvalue weighted by atomic mass is 32.2. The van der Waals surface area contributed by atoms with Crippen molar-refractivity contribution in [3.05, 3.63) is 0 Å². The van der Waals surface area contributed by atoms with Gasteiger partial charge in [-0.3, -0.25) is 0 Å². The molecule has 0 spiro atoms. The van der Waals surface area contributed by atoms with Crippen molar-refractivity contribution in [3.8, 4) is 0 Å². The Morgan fingerprint density at radius 3 is 2.00 bits per heavy atom. The summed E-state index contributed by atoms with van der Waals surface area (Å²) in [5.41, 5.74) is 0. The van der Waals surface area contributed by atoms with E-state index in [0.717, 1.165) is 7.05 Å². The Bertz CT molecular complexity index is 218. The molecule has 0 aromatic carbocycles. The fourth-order valence-corrected chi connectivity index (χ4v) is 1.04. The first-order valence-corrected chi connectivity index (χ1v) is 4.53. The van der Waals surface area contributed by atoms with Crippen molar-refractivity contribution >= 4 is 24.7 Å². The molecule has 0 aliphatic carbocycles. The standard InChI is InChI=1S/C4H8B2FNO2S/c1-3(11(6,9)10)4(5)8(2)7/h3-4H,1-2H3. The fourth-order valence-electron chi connectivity index (χ4n) is 0.484. The van der Waals surface area contributed by atoms with Gasteiger partial charge in [0.1, 0.15) is 0 Å². The maximum Gasteiger partial charge on any atom is 0.255 e. The third kappa shape index (κ3) is 3.24. The van der Waals surface area contributed by atoms with Crippen LogP contribution in [-0.2, 0) is 9.69 Å². The van der Waals surface area contributed by atoms with Crippen LogP contribution in [0.5, 0.6) is 0 Å². The van der Waals surface area contributed by atoms with Crippen LogP contribution in [0, 0.1) is 0 Å². The van der Waals surface area contributed by atoms with Gasteiger partial charge in [-0.25, -0.2) is 8.42 Å². The van der Waals surface area contributed by atoms with Crippen LogP contribution in [0.1, 0.15) is 6.92 Å². The largest absolute Gasteiger partial charge is 0.255 e. The van der Waals surface area contributed by atoms with Crippen molar-refractivity contribution in [1.29, 1.82) is 0 Å². The minimum absolute atomic E-state index is 0.106. The molecule has 11 heavy (non-hydrogen) atoms. The normalized spacial score (nSPS) is 18.2. The summed E-state index contributed by atoms with van der Waals surface area (Å²) in [5, 5.41) is -1.01. The lowest BCUT2D eigenvalue weighted by molar-refractivity contribution is 0.0428. The van der Waals surface area contributed by atoms with E-state index in [1.807, 2.05) is 0 Å². The molecule has 0 bridgehead atoms. The molecule has 7 heteroatoms. The predicted octanol–water partition coefficient (Wildman–Crippen LogP) is -0.816. The summed E-state index contributed by atoms with van der Waals surface area (Å²) in [7, 11) is 7.13. The van der Waals surface area contributed by atoms with E-state index in [-0.39, 0.29) is 5.12 Å². The van der Waals surface area contributed by atoms with Crippen molar-refractivity contribution in [1.82, 2.24) is 5.12 Å². The Labute approximate surface area is 68.5 Å². The summed E-state index contributed by atoms with van der Waals surface area (Å²) in [6.07, 6.45) is 0. The molecule has 0 rings (SSSR count). The van der Waals surface area contributed by atoms with Crippen LogP contribution in [0.15, 0.2) is 0 Å². The molecule has 0 heterocycles. The molecular weight excluding hydrogens is 167 g/mol. The SMILES string of the molecule is [B]C(C(C)S([B])(=O)=O)N(C)F. The summed E-state index contributed by atoms with van der Waals surface area (Å²) < 4.78 is 33.4. The molecule has 3 nitrogen and oxygen atoms in total. The van der Waals surface area contributed by atoms with Crippen LogP contribution in [0.2, 0.25) is 0 Å². The van der Waals surface area contributed by atoms with Crippen LogP contribution in [0.25, 0.3) is 0 Å². The molecule has 0 fully saturated rings. The third-order valence-corrected chi connectivity index (χ3v) is 2.73. The van der Waals surface area contributed by atoms with Gasteiger partial charge < -0.3 is 0 Å². The van der Waals surface area contributed by atoms with Crippen molar-refractivity contribution in [2.75, 3.05) is 7.05 Å². The molecule has 2 unspecified atom stereocenters. The average Bonchev–Trinajstić information content (AvgIpc) is 1.82. The molecule has 0 aliphatic heterocycles. The summed E-state index contributed by atoms with van der Waals surface area (Å²) in [4.78, 5) is 0. The zero-order chi connectivity index (χ0) is 9.23. The second-order valence-corrected chi connectivity index (χ2v) is 4.23. The first-order chi connectivity index (χ1) is 4.76. The molecule has 0 aromatic heterocycles. The molecular formula is C4H8B2FNO2S. The van der Waals surface area contributed by atoms with Crippen LogP contribution in [0.4, 0.5) is 4.48 Å². The maximum atomic E-state index is 12.3. The zero-order valence-corrected chi connectivity index (χ0v) is 7.18. The first-order valence-electron chi connectivity index (χ1n) is 2.92. The van der Waals surface area contributed by atoms with Crippen LogP contribution in [-0.4, -0.2) is 46.7 Å². The second-order valence-electron chi connectivity index (χ2n) is 2.31. The van der Waals surface area contributed by atoms with Crippen LogP contribution < -0.4 is 0 Å². The number of hydrogen-bond acceptors (Lipinski definition) is 3. The van der Waals surface area contributed by atoms with Gasteiger partial charge >= 0.3 is 0 Å². The zero-order valence-electron chi connectivity index (χ0n) is 6.36. The smallest absolute Gasteiger partial charge is 0.242 e. The molecule has 0 saturated heterocycles. The van der Waals surface area contributed by atoms with Crippen molar-refractivity contribution in [2.45, 2.75) is 18.1 Å². The maximum absolute atomic E-state index is 12.3. The van der Waals surface area contributed by atoms with E-state index in [0.29, 0.717) is 0 Å². The molecule has 0 amide bonds. The van der Waals surface area contributed by atoms with E-state index in [1.54, 1.807) is 0 Å². The Morgan fingerprint density at radius 2 is 1.91 bits per heavy atom. The molecule has 0 aromatic rings. The lowest BCUT2D eigenvalue weighted by atomic mass is 9.94. The molecule has 2 atom stereocenters. The average molecular weight is 175 g/mol. The van der Waals surface area contributed by atoms with Crippen molar-refractivity contribution in [2.24, 2.45) is 0 Å². The van der Waals surface area contributed by atoms with Gasteiger partial charge in [0.25, 0.3) is 7.12 Å². The molecule has 0 saturated carbocycles. The molecule has 60 valence electrons. The monoisotopic (exact) mass is 175 g/mol. The van der Waals surface area contributed by atoms with Gasteiger partial charge in [0.15, 0.2) is 0 Å². The van der Waals surface area contributed by atoms with E-state index in [9.17, 15) is 12.9 Å². The summed E-state index contributed by atoms with van der Waals surface area (Å²) in [6, 6.07) is 0. The van der Waals surface area contributed by atoms with E-state index in [1.165, 1.54) is 6.92 Å². The number of nitrogens with zero attached hydrogens (tertiary/aromatic N) is 1. The first kappa shape index (κ1) is 11.0. The highest BCUT2D eigenvalue weighted by Crippen LogP contribution is 2.06. The fraction of sp³-hybridized carbons (Fsp3) is 1.00. The van der Waals surface area contributed by atoms with Crippen molar-refractivity contribution in [3.63, 3.8) is 0 Å². The van der Waals surface area contributed by atoms with Crippen LogP contribution >= 0.6 is 0 Å². The van der Waals surface area contributed by atoms with Gasteiger partial charge in [-0.05, 0) is 6.92 Å². The number of halogens is 1. The lowest BCUT2D eigenvalue weighted by Gasteiger charge is -2.21. The highest BCUT2D eigenvalue weighted by molar-refractivity contribution is 8.12. The Balaban J connectivity index is 4.38. The summed E-state index contributed by atoms with van der Waals surface area (Å²) >= 11 is 0. The molecule has 4 radical (unpaired) electrons. The van der Waals surface area contributed by atoms with E-state index < -0.39 is 20.9 Å². The second kappa shape index (κ2) is 3.58. The molecule has 0 N–H and O–H groups in total. The minimum atomic E-state index is -3.75. The van der Waals surface area contributed by atoms with Gasteiger partial charge in [0.05, 0.1) is 22.8 Å². The van der Waals surface area contributed by atoms with Gasteiger partial charge in [-0.15, -0.1) is 4.48 Å².